The summed E-state index contributed by atoms with van der Waals surface area (Å²) >= 11 is 0. The molecule has 0 radical (unpaired) electrons. The maximum atomic E-state index is 12.6. The molecule has 6 heteroatoms. The topological polar surface area (TPSA) is 65.4 Å². The van der Waals surface area contributed by atoms with Gasteiger partial charge in [-0.1, -0.05) is 18.2 Å². The zero-order valence-corrected chi connectivity index (χ0v) is 16.6. The van der Waals surface area contributed by atoms with Gasteiger partial charge in [0.2, 0.25) is 0 Å². The van der Waals surface area contributed by atoms with Crippen LogP contribution in [0, 0.1) is 13.8 Å². The molecule has 0 spiro atoms. The minimum Gasteiger partial charge on any atom is -0.497 e. The summed E-state index contributed by atoms with van der Waals surface area (Å²) in [5, 5.41) is 7.19. The molecule has 3 rings (SSSR count). The van der Waals surface area contributed by atoms with E-state index < -0.39 is 6.10 Å². The number of hydrogen-bond acceptors (Lipinski definition) is 4. The van der Waals surface area contributed by atoms with Crippen molar-refractivity contribution in [1.29, 1.82) is 0 Å². The first-order valence-corrected chi connectivity index (χ1v) is 9.16. The van der Waals surface area contributed by atoms with Crippen LogP contribution < -0.4 is 14.8 Å². The number of benzene rings is 2. The summed E-state index contributed by atoms with van der Waals surface area (Å²) in [5.41, 5.74) is 3.37. The number of ether oxygens (including phenoxy) is 2. The van der Waals surface area contributed by atoms with E-state index in [2.05, 4.69) is 10.4 Å². The van der Waals surface area contributed by atoms with E-state index in [-0.39, 0.29) is 5.91 Å². The van der Waals surface area contributed by atoms with Gasteiger partial charge in [-0.05, 0) is 61.7 Å². The molecule has 2 aromatic carbocycles. The number of nitrogens with one attached hydrogen (secondary N) is 1. The zero-order valence-electron chi connectivity index (χ0n) is 16.6. The van der Waals surface area contributed by atoms with Crippen LogP contribution in [0.4, 0.5) is 5.82 Å². The van der Waals surface area contributed by atoms with Crippen molar-refractivity contribution in [3.8, 4) is 11.5 Å². The Hall–Kier alpha value is -3.28. The van der Waals surface area contributed by atoms with Crippen molar-refractivity contribution >= 4 is 11.7 Å². The lowest BCUT2D eigenvalue weighted by atomic mass is 10.1. The maximum absolute atomic E-state index is 12.6. The summed E-state index contributed by atoms with van der Waals surface area (Å²) in [7, 11) is 1.64. The third kappa shape index (κ3) is 4.71. The molecule has 0 aliphatic rings. The summed E-state index contributed by atoms with van der Waals surface area (Å²) in [6, 6.07) is 15.3. The molecule has 1 aromatic heterocycles. The molecule has 0 fully saturated rings. The number of amides is 1. The Morgan fingerprint density at radius 1 is 1.07 bits per heavy atom. The third-order valence-corrected chi connectivity index (χ3v) is 4.62. The fourth-order valence-electron chi connectivity index (χ4n) is 2.74. The number of carbonyl (C=O) groups excluding carboxylic acids is 1. The summed E-state index contributed by atoms with van der Waals surface area (Å²) in [5.74, 6) is 1.87. The summed E-state index contributed by atoms with van der Waals surface area (Å²) in [4.78, 5) is 12.6. The molecule has 1 N–H and O–H groups in total. The first kappa shape index (κ1) is 19.5. The van der Waals surface area contributed by atoms with Crippen molar-refractivity contribution < 1.29 is 14.3 Å². The van der Waals surface area contributed by atoms with Gasteiger partial charge in [-0.15, -0.1) is 0 Å². The van der Waals surface area contributed by atoms with Crippen LogP contribution >= 0.6 is 0 Å². The lowest BCUT2D eigenvalue weighted by molar-refractivity contribution is -0.122. The van der Waals surface area contributed by atoms with Crippen LogP contribution in [-0.2, 0) is 11.3 Å². The van der Waals surface area contributed by atoms with Gasteiger partial charge in [0.1, 0.15) is 17.3 Å². The smallest absolute Gasteiger partial charge is 0.266 e. The second-order valence-corrected chi connectivity index (χ2v) is 6.72. The quantitative estimate of drug-likeness (QED) is 0.675. The molecule has 0 bridgehead atoms. The van der Waals surface area contributed by atoms with Crippen LogP contribution in [0.1, 0.15) is 23.6 Å². The predicted molar refractivity (Wildman–Crippen MR) is 109 cm³/mol. The Bertz CT molecular complexity index is 948. The van der Waals surface area contributed by atoms with Crippen molar-refractivity contribution in [1.82, 2.24) is 9.78 Å². The number of carbonyl (C=O) groups is 1. The van der Waals surface area contributed by atoms with Gasteiger partial charge in [0.05, 0.1) is 19.9 Å². The van der Waals surface area contributed by atoms with Gasteiger partial charge >= 0.3 is 0 Å². The molecular formula is C22H25N3O3. The molecule has 146 valence electrons. The fourth-order valence-corrected chi connectivity index (χ4v) is 2.74. The van der Waals surface area contributed by atoms with Crippen molar-refractivity contribution in [2.24, 2.45) is 0 Å². The van der Waals surface area contributed by atoms with Crippen LogP contribution in [0.3, 0.4) is 0 Å². The first-order valence-electron chi connectivity index (χ1n) is 9.16. The Labute approximate surface area is 165 Å². The zero-order chi connectivity index (χ0) is 20.1. The first-order chi connectivity index (χ1) is 13.5. The van der Waals surface area contributed by atoms with E-state index in [1.807, 2.05) is 56.3 Å². The number of anilines is 1. The maximum Gasteiger partial charge on any atom is 0.266 e. The molecule has 1 heterocycles. The molecule has 1 unspecified atom stereocenters. The molecular weight excluding hydrogens is 354 g/mol. The van der Waals surface area contributed by atoms with Crippen LogP contribution in [-0.4, -0.2) is 28.9 Å². The predicted octanol–water partition coefficient (Wildman–Crippen LogP) is 3.96. The molecule has 3 aromatic rings. The Kier molecular flexibility index (Phi) is 5.99. The second kappa shape index (κ2) is 8.61. The van der Waals surface area contributed by atoms with Gasteiger partial charge in [0.25, 0.3) is 5.91 Å². The van der Waals surface area contributed by atoms with Crippen molar-refractivity contribution in [3.05, 3.63) is 71.4 Å². The molecule has 0 saturated carbocycles. The lowest BCUT2D eigenvalue weighted by Gasteiger charge is -2.16. The van der Waals surface area contributed by atoms with E-state index in [1.165, 1.54) is 5.56 Å². The molecule has 1 amide bonds. The van der Waals surface area contributed by atoms with Crippen molar-refractivity contribution in [2.45, 2.75) is 33.4 Å². The van der Waals surface area contributed by atoms with Crippen molar-refractivity contribution in [3.63, 3.8) is 0 Å². The van der Waals surface area contributed by atoms with Crippen LogP contribution in [0.2, 0.25) is 0 Å². The minimum absolute atomic E-state index is 0.227. The number of rotatable bonds is 7. The summed E-state index contributed by atoms with van der Waals surface area (Å²) < 4.78 is 12.7. The van der Waals surface area contributed by atoms with E-state index in [0.717, 1.165) is 16.9 Å². The molecule has 0 saturated heterocycles. The van der Waals surface area contributed by atoms with Gasteiger partial charge in [-0.2, -0.15) is 5.10 Å². The molecule has 28 heavy (non-hydrogen) atoms. The number of aromatic nitrogens is 2. The average Bonchev–Trinajstić information content (AvgIpc) is 3.12. The second-order valence-electron chi connectivity index (χ2n) is 6.72. The molecule has 1 atom stereocenters. The van der Waals surface area contributed by atoms with Gasteiger partial charge in [-0.3, -0.25) is 4.79 Å². The SMILES string of the molecule is COc1ccc(Cn2nccc2NC(=O)C(C)Oc2ccc(C)c(C)c2)cc1. The normalized spacial score (nSPS) is 11.7. The minimum atomic E-state index is -0.633. The Morgan fingerprint density at radius 2 is 1.79 bits per heavy atom. The van der Waals surface area contributed by atoms with Gasteiger partial charge < -0.3 is 14.8 Å². The van der Waals surface area contributed by atoms with E-state index >= 15 is 0 Å². The average molecular weight is 379 g/mol. The molecule has 0 aliphatic carbocycles. The van der Waals surface area contributed by atoms with Crippen LogP contribution in [0.5, 0.6) is 11.5 Å². The number of hydrogen-bond donors (Lipinski definition) is 1. The monoisotopic (exact) mass is 379 g/mol. The van der Waals surface area contributed by atoms with Crippen molar-refractivity contribution in [2.75, 3.05) is 12.4 Å². The van der Waals surface area contributed by atoms with E-state index in [0.29, 0.717) is 18.1 Å². The van der Waals surface area contributed by atoms with Gasteiger partial charge in [-0.25, -0.2) is 4.68 Å². The van der Waals surface area contributed by atoms with E-state index in [4.69, 9.17) is 9.47 Å². The highest BCUT2D eigenvalue weighted by atomic mass is 16.5. The summed E-state index contributed by atoms with van der Waals surface area (Å²) in [6.07, 6.45) is 1.03. The van der Waals surface area contributed by atoms with E-state index in [1.54, 1.807) is 31.0 Å². The highest BCUT2D eigenvalue weighted by Crippen LogP contribution is 2.19. The fraction of sp³-hybridized carbons (Fsp3) is 0.273. The highest BCUT2D eigenvalue weighted by Gasteiger charge is 2.17. The number of nitrogens with zero attached hydrogens (tertiary/aromatic N) is 2. The number of aryl methyl sites for hydroxylation is 2. The Morgan fingerprint density at radius 3 is 2.46 bits per heavy atom. The van der Waals surface area contributed by atoms with Gasteiger partial charge in [0.15, 0.2) is 6.10 Å². The molecule has 6 nitrogen and oxygen atoms in total. The van der Waals surface area contributed by atoms with Gasteiger partial charge in [0, 0.05) is 6.07 Å². The molecule has 0 aliphatic heterocycles. The standard InChI is InChI=1S/C22H25N3O3/c1-15-5-8-20(13-16(15)2)28-17(3)22(26)24-21-11-12-23-25(21)14-18-6-9-19(27-4)10-7-18/h5-13,17H,14H2,1-4H3,(H,24,26). The summed E-state index contributed by atoms with van der Waals surface area (Å²) in [6.45, 7) is 6.33. The lowest BCUT2D eigenvalue weighted by Crippen LogP contribution is -2.31. The largest absolute Gasteiger partial charge is 0.497 e. The van der Waals surface area contributed by atoms with Crippen LogP contribution in [0.25, 0.3) is 0 Å². The third-order valence-electron chi connectivity index (χ3n) is 4.62. The Balaban J connectivity index is 1.63. The highest BCUT2D eigenvalue weighted by molar-refractivity contribution is 5.93. The van der Waals surface area contributed by atoms with Crippen LogP contribution in [0.15, 0.2) is 54.7 Å². The van der Waals surface area contributed by atoms with E-state index in [9.17, 15) is 4.79 Å². The number of methoxy groups -OCH3 is 1.